The predicted octanol–water partition coefficient (Wildman–Crippen LogP) is 5.00. The van der Waals surface area contributed by atoms with Crippen molar-refractivity contribution in [1.29, 1.82) is 0 Å². The van der Waals surface area contributed by atoms with Crippen molar-refractivity contribution >= 4 is 22.8 Å². The molecule has 0 spiro atoms. The summed E-state index contributed by atoms with van der Waals surface area (Å²) < 4.78 is 0. The van der Waals surface area contributed by atoms with Crippen LogP contribution in [0, 0.1) is 10.1 Å². The number of phenolic OH excluding ortho intramolecular Hbond substituents is 1. The monoisotopic (exact) mass is 374 g/mol. The van der Waals surface area contributed by atoms with Gasteiger partial charge in [0.25, 0.3) is 5.69 Å². The second kappa shape index (κ2) is 8.18. The van der Waals surface area contributed by atoms with E-state index in [1.54, 1.807) is 66.7 Å². The Labute approximate surface area is 161 Å². The summed E-state index contributed by atoms with van der Waals surface area (Å²) in [5, 5.41) is 24.4. The molecule has 3 aromatic carbocycles. The Bertz CT molecular complexity index is 1040. The van der Waals surface area contributed by atoms with Crippen LogP contribution in [0.1, 0.15) is 21.5 Å². The highest BCUT2D eigenvalue weighted by Gasteiger charge is 2.16. The van der Waals surface area contributed by atoms with Gasteiger partial charge in [0.2, 0.25) is 0 Å². The van der Waals surface area contributed by atoms with Gasteiger partial charge in [-0.2, -0.15) is 0 Å². The van der Waals surface area contributed by atoms with Crippen LogP contribution in [0.15, 0.2) is 79.4 Å². The standard InChI is InChI=1S/C22H18N2O4/c1-2-6-15-7-5-8-18(21(15)25)22(26)16-11-13-17(14-12-16)23-19-9-3-4-10-20(19)24(27)28/h2-5,7-14,23,25H,1,6H2. The average molecular weight is 374 g/mol. The van der Waals surface area contributed by atoms with E-state index >= 15 is 0 Å². The number of anilines is 2. The van der Waals surface area contributed by atoms with E-state index in [1.165, 1.54) is 6.07 Å². The quantitative estimate of drug-likeness (QED) is 0.263. The molecule has 0 amide bonds. The van der Waals surface area contributed by atoms with Gasteiger partial charge in [-0.1, -0.05) is 30.3 Å². The third kappa shape index (κ3) is 3.91. The zero-order valence-corrected chi connectivity index (χ0v) is 15.0. The molecule has 0 saturated carbocycles. The summed E-state index contributed by atoms with van der Waals surface area (Å²) in [7, 11) is 0. The maximum absolute atomic E-state index is 12.7. The average Bonchev–Trinajstić information content (AvgIpc) is 2.70. The number of nitrogens with zero attached hydrogens (tertiary/aromatic N) is 1. The molecule has 0 aliphatic carbocycles. The molecule has 0 radical (unpaired) electrons. The maximum Gasteiger partial charge on any atom is 0.292 e. The van der Waals surface area contributed by atoms with Crippen molar-refractivity contribution in [1.82, 2.24) is 0 Å². The molecule has 6 nitrogen and oxygen atoms in total. The van der Waals surface area contributed by atoms with E-state index in [1.807, 2.05) is 0 Å². The highest BCUT2D eigenvalue weighted by atomic mass is 16.6. The lowest BCUT2D eigenvalue weighted by atomic mass is 9.98. The van der Waals surface area contributed by atoms with E-state index in [4.69, 9.17) is 0 Å². The predicted molar refractivity (Wildman–Crippen MR) is 108 cm³/mol. The number of para-hydroxylation sites is 3. The second-order valence-corrected chi connectivity index (χ2v) is 6.11. The second-order valence-electron chi connectivity index (χ2n) is 6.11. The SMILES string of the molecule is C=CCc1cccc(C(=O)c2ccc(Nc3ccccc3[N+](=O)[O-])cc2)c1O. The number of aromatic hydroxyl groups is 1. The van der Waals surface area contributed by atoms with Gasteiger partial charge in [0.15, 0.2) is 5.78 Å². The molecule has 140 valence electrons. The third-order valence-electron chi connectivity index (χ3n) is 4.26. The number of hydrogen-bond donors (Lipinski definition) is 2. The van der Waals surface area contributed by atoms with E-state index in [-0.39, 0.29) is 22.8 Å². The normalized spacial score (nSPS) is 10.3. The number of carbonyl (C=O) groups is 1. The minimum absolute atomic E-state index is 0.0355. The number of nitro groups is 1. The lowest BCUT2D eigenvalue weighted by Gasteiger charge is -2.10. The molecule has 0 heterocycles. The molecular formula is C22H18N2O4. The highest BCUT2D eigenvalue weighted by Crippen LogP contribution is 2.29. The van der Waals surface area contributed by atoms with Crippen LogP contribution < -0.4 is 5.32 Å². The Kier molecular flexibility index (Phi) is 5.50. The smallest absolute Gasteiger partial charge is 0.292 e. The van der Waals surface area contributed by atoms with Crippen LogP contribution in [0.25, 0.3) is 0 Å². The van der Waals surface area contributed by atoms with E-state index in [0.29, 0.717) is 28.9 Å². The number of phenols is 1. The van der Waals surface area contributed by atoms with Crippen LogP contribution in [0.4, 0.5) is 17.1 Å². The van der Waals surface area contributed by atoms with Gasteiger partial charge in [0.05, 0.1) is 10.5 Å². The van der Waals surface area contributed by atoms with Gasteiger partial charge in [0, 0.05) is 17.3 Å². The van der Waals surface area contributed by atoms with Crippen LogP contribution in [-0.4, -0.2) is 15.8 Å². The van der Waals surface area contributed by atoms with Crippen molar-refractivity contribution in [3.8, 4) is 5.75 Å². The van der Waals surface area contributed by atoms with E-state index in [0.717, 1.165) is 0 Å². The number of rotatable bonds is 7. The Morgan fingerprint density at radius 2 is 1.79 bits per heavy atom. The number of hydrogen-bond acceptors (Lipinski definition) is 5. The topological polar surface area (TPSA) is 92.5 Å². The molecule has 0 aliphatic heterocycles. The molecule has 0 aliphatic rings. The number of nitro benzene ring substituents is 1. The molecule has 6 heteroatoms. The Hall–Kier alpha value is -3.93. The highest BCUT2D eigenvalue weighted by molar-refractivity contribution is 6.11. The van der Waals surface area contributed by atoms with Crippen molar-refractivity contribution in [2.24, 2.45) is 0 Å². The van der Waals surface area contributed by atoms with Crippen LogP contribution in [0.2, 0.25) is 0 Å². The molecule has 0 aromatic heterocycles. The molecule has 0 bridgehead atoms. The number of allylic oxidation sites excluding steroid dienone is 1. The molecular weight excluding hydrogens is 356 g/mol. The number of ketones is 1. The van der Waals surface area contributed by atoms with E-state index < -0.39 is 4.92 Å². The molecule has 28 heavy (non-hydrogen) atoms. The number of nitrogens with one attached hydrogen (secondary N) is 1. The summed E-state index contributed by atoms with van der Waals surface area (Å²) >= 11 is 0. The summed E-state index contributed by atoms with van der Waals surface area (Å²) in [6, 6.07) is 17.9. The summed E-state index contributed by atoms with van der Waals surface area (Å²) in [5.74, 6) is -0.352. The molecule has 0 atom stereocenters. The summed E-state index contributed by atoms with van der Waals surface area (Å²) in [4.78, 5) is 23.4. The van der Waals surface area contributed by atoms with Gasteiger partial charge in [-0.25, -0.2) is 0 Å². The molecule has 0 saturated heterocycles. The fourth-order valence-corrected chi connectivity index (χ4v) is 2.85. The van der Waals surface area contributed by atoms with Crippen LogP contribution >= 0.6 is 0 Å². The van der Waals surface area contributed by atoms with Gasteiger partial charge in [-0.3, -0.25) is 14.9 Å². The largest absolute Gasteiger partial charge is 0.507 e. The minimum atomic E-state index is -0.459. The zero-order chi connectivity index (χ0) is 20.1. The lowest BCUT2D eigenvalue weighted by Crippen LogP contribution is -2.03. The Balaban J connectivity index is 1.84. The Morgan fingerprint density at radius 1 is 1.07 bits per heavy atom. The van der Waals surface area contributed by atoms with Gasteiger partial charge in [-0.05, 0) is 48.4 Å². The maximum atomic E-state index is 12.7. The summed E-state index contributed by atoms with van der Waals surface area (Å²) in [5.41, 5.74) is 2.19. The minimum Gasteiger partial charge on any atom is -0.507 e. The molecule has 0 fully saturated rings. The Morgan fingerprint density at radius 3 is 2.46 bits per heavy atom. The number of benzene rings is 3. The molecule has 3 rings (SSSR count). The fraction of sp³-hybridized carbons (Fsp3) is 0.0455. The first-order chi connectivity index (χ1) is 13.5. The van der Waals surface area contributed by atoms with Gasteiger partial charge in [0.1, 0.15) is 11.4 Å². The first kappa shape index (κ1) is 18.8. The number of carbonyl (C=O) groups excluding carboxylic acids is 1. The zero-order valence-electron chi connectivity index (χ0n) is 15.0. The fourth-order valence-electron chi connectivity index (χ4n) is 2.85. The first-order valence-corrected chi connectivity index (χ1v) is 8.58. The van der Waals surface area contributed by atoms with Crippen molar-refractivity contribution in [3.63, 3.8) is 0 Å². The molecule has 3 aromatic rings. The van der Waals surface area contributed by atoms with Gasteiger partial charge >= 0.3 is 0 Å². The summed E-state index contributed by atoms with van der Waals surface area (Å²) in [6.45, 7) is 3.65. The van der Waals surface area contributed by atoms with Crippen molar-refractivity contribution in [3.05, 3.63) is 106 Å². The van der Waals surface area contributed by atoms with Crippen molar-refractivity contribution < 1.29 is 14.8 Å². The van der Waals surface area contributed by atoms with Gasteiger partial charge < -0.3 is 10.4 Å². The van der Waals surface area contributed by atoms with Crippen LogP contribution in [-0.2, 0) is 6.42 Å². The molecule has 0 unspecified atom stereocenters. The first-order valence-electron chi connectivity index (χ1n) is 8.58. The summed E-state index contributed by atoms with van der Waals surface area (Å²) in [6.07, 6.45) is 2.12. The van der Waals surface area contributed by atoms with Crippen LogP contribution in [0.5, 0.6) is 5.75 Å². The third-order valence-corrected chi connectivity index (χ3v) is 4.26. The van der Waals surface area contributed by atoms with Crippen molar-refractivity contribution in [2.45, 2.75) is 6.42 Å². The van der Waals surface area contributed by atoms with E-state index in [9.17, 15) is 20.0 Å². The lowest BCUT2D eigenvalue weighted by molar-refractivity contribution is -0.383. The van der Waals surface area contributed by atoms with E-state index in [2.05, 4.69) is 11.9 Å². The molecule has 2 N–H and O–H groups in total. The van der Waals surface area contributed by atoms with Crippen molar-refractivity contribution in [2.75, 3.05) is 5.32 Å². The van der Waals surface area contributed by atoms with Gasteiger partial charge in [-0.15, -0.1) is 6.58 Å². The van der Waals surface area contributed by atoms with Crippen LogP contribution in [0.3, 0.4) is 0 Å².